The molecule has 126 valence electrons. The van der Waals surface area contributed by atoms with Crippen LogP contribution in [0.4, 0.5) is 0 Å². The summed E-state index contributed by atoms with van der Waals surface area (Å²) in [6.45, 7) is 0.911. The summed E-state index contributed by atoms with van der Waals surface area (Å²) in [5.74, 6) is -0.252. The molecule has 0 radical (unpaired) electrons. The van der Waals surface area contributed by atoms with Crippen LogP contribution in [0, 0.1) is 0 Å². The number of carbonyl (C=O) groups excluding carboxylic acids is 1. The van der Waals surface area contributed by atoms with Crippen molar-refractivity contribution < 1.29 is 17.9 Å². The molecule has 0 spiro atoms. The Bertz CT molecular complexity index is 687. The highest BCUT2D eigenvalue weighted by atomic mass is 32.2. The Morgan fingerprint density at radius 3 is 2.26 bits per heavy atom. The van der Waals surface area contributed by atoms with E-state index in [0.29, 0.717) is 25.9 Å². The van der Waals surface area contributed by atoms with Gasteiger partial charge in [0.2, 0.25) is 10.0 Å². The van der Waals surface area contributed by atoms with Crippen molar-refractivity contribution in [2.24, 2.45) is 5.73 Å². The average Bonchev–Trinajstić information content (AvgIpc) is 3.36. The first kappa shape index (κ1) is 16.4. The van der Waals surface area contributed by atoms with E-state index in [1.54, 1.807) is 24.3 Å². The van der Waals surface area contributed by atoms with Gasteiger partial charge in [-0.05, 0) is 43.4 Å². The molecule has 1 heterocycles. The molecule has 0 atom stereocenters. The van der Waals surface area contributed by atoms with E-state index in [1.807, 2.05) is 0 Å². The number of nitrogens with zero attached hydrogens (tertiary/aromatic N) is 1. The van der Waals surface area contributed by atoms with E-state index in [4.69, 9.17) is 10.5 Å². The van der Waals surface area contributed by atoms with Gasteiger partial charge in [0.1, 0.15) is 0 Å². The smallest absolute Gasteiger partial charge is 0.316 e. The third-order valence-electron chi connectivity index (χ3n) is 4.87. The number of hydrogen-bond acceptors (Lipinski definition) is 5. The molecule has 2 N–H and O–H groups in total. The second-order valence-corrected chi connectivity index (χ2v) is 8.28. The molecule has 0 unspecified atom stereocenters. The zero-order valence-electron chi connectivity index (χ0n) is 13.2. The number of esters is 1. The van der Waals surface area contributed by atoms with E-state index < -0.39 is 15.4 Å². The molecule has 1 saturated carbocycles. The van der Waals surface area contributed by atoms with E-state index in [9.17, 15) is 13.2 Å². The minimum Gasteiger partial charge on any atom is -0.468 e. The summed E-state index contributed by atoms with van der Waals surface area (Å²) < 4.78 is 31.7. The number of benzene rings is 1. The van der Waals surface area contributed by atoms with Crippen molar-refractivity contribution in [3.63, 3.8) is 0 Å². The Morgan fingerprint density at radius 2 is 1.78 bits per heavy atom. The maximum absolute atomic E-state index is 12.7. The van der Waals surface area contributed by atoms with Crippen LogP contribution in [-0.2, 0) is 25.0 Å². The third kappa shape index (κ3) is 2.88. The Morgan fingerprint density at radius 1 is 1.22 bits per heavy atom. The van der Waals surface area contributed by atoms with Crippen LogP contribution in [0.25, 0.3) is 0 Å². The first-order chi connectivity index (χ1) is 10.9. The van der Waals surface area contributed by atoms with Crippen molar-refractivity contribution >= 4 is 16.0 Å². The lowest BCUT2D eigenvalue weighted by molar-refractivity contribution is -0.143. The van der Waals surface area contributed by atoms with Gasteiger partial charge in [-0.3, -0.25) is 4.79 Å². The largest absolute Gasteiger partial charge is 0.468 e. The highest BCUT2D eigenvalue weighted by Gasteiger charge is 2.52. The van der Waals surface area contributed by atoms with Crippen molar-refractivity contribution in [1.82, 2.24) is 4.31 Å². The molecule has 1 aliphatic carbocycles. The molecule has 2 fully saturated rings. The molecule has 23 heavy (non-hydrogen) atoms. The van der Waals surface area contributed by atoms with Crippen molar-refractivity contribution in [1.29, 1.82) is 0 Å². The Kier molecular flexibility index (Phi) is 4.20. The quantitative estimate of drug-likeness (QED) is 0.827. The van der Waals surface area contributed by atoms with Gasteiger partial charge in [0.05, 0.1) is 17.4 Å². The van der Waals surface area contributed by atoms with Gasteiger partial charge >= 0.3 is 5.97 Å². The summed E-state index contributed by atoms with van der Waals surface area (Å²) in [5, 5.41) is 0. The maximum Gasteiger partial charge on any atom is 0.316 e. The summed E-state index contributed by atoms with van der Waals surface area (Å²) in [5.41, 5.74) is 6.08. The van der Waals surface area contributed by atoms with Crippen LogP contribution in [-0.4, -0.2) is 44.9 Å². The standard InChI is InChI=1S/C16H22N2O4S/c1-22-15(19)16(8-9-16)12-2-4-14(5-3-12)23(20,21)18-10-6-13(17)7-11-18/h2-5,13H,6-11,17H2,1H3. The third-order valence-corrected chi connectivity index (χ3v) is 6.78. The highest BCUT2D eigenvalue weighted by molar-refractivity contribution is 7.89. The second-order valence-electron chi connectivity index (χ2n) is 6.34. The van der Waals surface area contributed by atoms with Gasteiger partial charge in [-0.25, -0.2) is 8.42 Å². The van der Waals surface area contributed by atoms with Crippen LogP contribution in [0.15, 0.2) is 29.2 Å². The molecule has 2 aliphatic rings. The first-order valence-electron chi connectivity index (χ1n) is 7.85. The van der Waals surface area contributed by atoms with Crippen molar-refractivity contribution in [2.75, 3.05) is 20.2 Å². The van der Waals surface area contributed by atoms with E-state index in [-0.39, 0.29) is 16.9 Å². The number of piperidine rings is 1. The van der Waals surface area contributed by atoms with Gasteiger partial charge in [-0.1, -0.05) is 12.1 Å². The fourth-order valence-corrected chi connectivity index (χ4v) is 4.61. The molecule has 0 bridgehead atoms. The number of nitrogens with two attached hydrogens (primary N) is 1. The van der Waals surface area contributed by atoms with Gasteiger partial charge in [0.25, 0.3) is 0 Å². The van der Waals surface area contributed by atoms with Crippen LogP contribution in [0.2, 0.25) is 0 Å². The lowest BCUT2D eigenvalue weighted by Crippen LogP contribution is -2.42. The average molecular weight is 338 g/mol. The summed E-state index contributed by atoms with van der Waals surface area (Å²) in [4.78, 5) is 12.2. The molecule has 0 amide bonds. The lowest BCUT2D eigenvalue weighted by atomic mass is 9.96. The number of rotatable bonds is 4. The molecule has 1 saturated heterocycles. The van der Waals surface area contributed by atoms with E-state index in [0.717, 1.165) is 18.4 Å². The topological polar surface area (TPSA) is 89.7 Å². The van der Waals surface area contributed by atoms with Gasteiger partial charge in [0, 0.05) is 19.1 Å². The molecule has 1 aromatic rings. The fourth-order valence-electron chi connectivity index (χ4n) is 3.14. The normalized spacial score (nSPS) is 21.8. The molecule has 3 rings (SSSR count). The summed E-state index contributed by atoms with van der Waals surface area (Å²) in [7, 11) is -2.11. The predicted molar refractivity (Wildman–Crippen MR) is 85.3 cm³/mol. The van der Waals surface area contributed by atoms with Gasteiger partial charge in [-0.2, -0.15) is 4.31 Å². The van der Waals surface area contributed by atoms with E-state index in [2.05, 4.69) is 0 Å². The number of hydrogen-bond donors (Lipinski definition) is 1. The number of ether oxygens (including phenoxy) is 1. The summed E-state index contributed by atoms with van der Waals surface area (Å²) in [6.07, 6.45) is 2.86. The second kappa shape index (κ2) is 5.89. The van der Waals surface area contributed by atoms with Crippen LogP contribution < -0.4 is 5.73 Å². The molecular weight excluding hydrogens is 316 g/mol. The van der Waals surface area contributed by atoms with Gasteiger partial charge in [0.15, 0.2) is 0 Å². The number of sulfonamides is 1. The Labute approximate surface area is 136 Å². The van der Waals surface area contributed by atoms with E-state index in [1.165, 1.54) is 11.4 Å². The highest BCUT2D eigenvalue weighted by Crippen LogP contribution is 2.49. The van der Waals surface area contributed by atoms with Crippen LogP contribution in [0.5, 0.6) is 0 Å². The van der Waals surface area contributed by atoms with Crippen molar-refractivity contribution in [3.05, 3.63) is 29.8 Å². The number of methoxy groups -OCH3 is 1. The molecule has 7 heteroatoms. The zero-order valence-corrected chi connectivity index (χ0v) is 14.0. The van der Waals surface area contributed by atoms with Gasteiger partial charge in [-0.15, -0.1) is 0 Å². The monoisotopic (exact) mass is 338 g/mol. The van der Waals surface area contributed by atoms with Crippen molar-refractivity contribution in [3.8, 4) is 0 Å². The van der Waals surface area contributed by atoms with E-state index >= 15 is 0 Å². The van der Waals surface area contributed by atoms with Crippen molar-refractivity contribution in [2.45, 2.75) is 42.0 Å². The maximum atomic E-state index is 12.7. The Balaban J connectivity index is 1.81. The molecule has 0 aromatic heterocycles. The van der Waals surface area contributed by atoms with Crippen LogP contribution in [0.1, 0.15) is 31.2 Å². The first-order valence-corrected chi connectivity index (χ1v) is 9.29. The van der Waals surface area contributed by atoms with Gasteiger partial charge < -0.3 is 10.5 Å². The lowest BCUT2D eigenvalue weighted by Gasteiger charge is -2.29. The minimum absolute atomic E-state index is 0.0820. The molecule has 1 aromatic carbocycles. The Hall–Kier alpha value is -1.44. The minimum atomic E-state index is -3.49. The zero-order chi connectivity index (χ0) is 16.7. The summed E-state index contributed by atoms with van der Waals surface area (Å²) >= 11 is 0. The number of carbonyl (C=O) groups is 1. The van der Waals surface area contributed by atoms with Crippen LogP contribution >= 0.6 is 0 Å². The molecular formula is C16H22N2O4S. The van der Waals surface area contributed by atoms with Crippen LogP contribution in [0.3, 0.4) is 0 Å². The fraction of sp³-hybridized carbons (Fsp3) is 0.562. The molecule has 1 aliphatic heterocycles. The molecule has 6 nitrogen and oxygen atoms in total. The predicted octanol–water partition coefficient (Wildman–Crippen LogP) is 1.00. The SMILES string of the molecule is COC(=O)C1(c2ccc(S(=O)(=O)N3CCC(N)CC3)cc2)CC1. The summed E-state index contributed by atoms with van der Waals surface area (Å²) in [6, 6.07) is 6.71.